The van der Waals surface area contributed by atoms with E-state index in [1.54, 1.807) is 12.3 Å². The van der Waals surface area contributed by atoms with Gasteiger partial charge in [0.2, 0.25) is 5.79 Å². The Hall–Kier alpha value is -3.20. The first-order valence-electron chi connectivity index (χ1n) is 11.7. The van der Waals surface area contributed by atoms with Crippen molar-refractivity contribution in [3.05, 3.63) is 88.1 Å². The average molecular weight is 494 g/mol. The summed E-state index contributed by atoms with van der Waals surface area (Å²) < 4.78 is 16.1. The Labute approximate surface area is 209 Å². The van der Waals surface area contributed by atoms with Gasteiger partial charge in [-0.3, -0.25) is 10.4 Å². The second-order valence-corrected chi connectivity index (χ2v) is 9.90. The Morgan fingerprint density at radius 1 is 1.23 bits per heavy atom. The maximum atomic E-state index is 14.1. The zero-order chi connectivity index (χ0) is 24.6. The SMILES string of the molecule is CC(C)Cn1cc(C2=CNC(N)(c3cc(F)cc(Cl)c3)N=C2Nc2ccc3c(c2)CNCC3)cn1. The monoisotopic (exact) mass is 493 g/mol. The van der Waals surface area contributed by atoms with Crippen molar-refractivity contribution < 1.29 is 4.39 Å². The summed E-state index contributed by atoms with van der Waals surface area (Å²) in [6.07, 6.45) is 6.61. The average Bonchev–Trinajstić information content (AvgIpc) is 3.26. The number of nitrogens with zero attached hydrogens (tertiary/aromatic N) is 3. The molecule has 0 bridgehead atoms. The molecule has 182 valence electrons. The number of hydrogen-bond acceptors (Lipinski definition) is 6. The van der Waals surface area contributed by atoms with Crippen molar-refractivity contribution in [2.45, 2.75) is 39.1 Å². The largest absolute Gasteiger partial charge is 0.351 e. The van der Waals surface area contributed by atoms with Crippen LogP contribution in [-0.4, -0.2) is 22.2 Å². The lowest BCUT2D eigenvalue weighted by Gasteiger charge is -2.32. The van der Waals surface area contributed by atoms with E-state index in [0.717, 1.165) is 42.9 Å². The van der Waals surface area contributed by atoms with Crippen LogP contribution in [0.1, 0.15) is 36.1 Å². The van der Waals surface area contributed by atoms with Crippen molar-refractivity contribution >= 4 is 28.7 Å². The maximum Gasteiger partial charge on any atom is 0.211 e. The zero-order valence-electron chi connectivity index (χ0n) is 19.8. The lowest BCUT2D eigenvalue weighted by Crippen LogP contribution is -2.50. The molecule has 1 aromatic heterocycles. The number of rotatable bonds is 5. The number of aliphatic imine (C=N–C) groups is 1. The van der Waals surface area contributed by atoms with Crippen LogP contribution in [0.15, 0.2) is 60.0 Å². The number of fused-ring (bicyclic) bond motifs is 1. The predicted molar refractivity (Wildman–Crippen MR) is 138 cm³/mol. The van der Waals surface area contributed by atoms with Gasteiger partial charge in [-0.05, 0) is 60.3 Å². The summed E-state index contributed by atoms with van der Waals surface area (Å²) in [5, 5.41) is 14.8. The molecule has 3 heterocycles. The van der Waals surface area contributed by atoms with Crippen molar-refractivity contribution in [1.29, 1.82) is 0 Å². The quantitative estimate of drug-likeness (QED) is 0.427. The Morgan fingerprint density at radius 2 is 2.09 bits per heavy atom. The Balaban J connectivity index is 1.53. The highest BCUT2D eigenvalue weighted by Crippen LogP contribution is 2.30. The van der Waals surface area contributed by atoms with Crippen LogP contribution in [0, 0.1) is 11.7 Å². The second-order valence-electron chi connectivity index (χ2n) is 9.47. The molecule has 1 unspecified atom stereocenters. The van der Waals surface area contributed by atoms with Gasteiger partial charge in [0, 0.05) is 52.9 Å². The number of anilines is 1. The minimum Gasteiger partial charge on any atom is -0.351 e. The van der Waals surface area contributed by atoms with Gasteiger partial charge in [0.1, 0.15) is 11.7 Å². The van der Waals surface area contributed by atoms with Gasteiger partial charge >= 0.3 is 0 Å². The van der Waals surface area contributed by atoms with E-state index in [0.29, 0.717) is 17.3 Å². The van der Waals surface area contributed by atoms with E-state index in [4.69, 9.17) is 22.3 Å². The van der Waals surface area contributed by atoms with E-state index >= 15 is 0 Å². The van der Waals surface area contributed by atoms with Crippen molar-refractivity contribution in [2.24, 2.45) is 16.6 Å². The Kier molecular flexibility index (Phi) is 6.35. The molecule has 35 heavy (non-hydrogen) atoms. The molecule has 0 fully saturated rings. The van der Waals surface area contributed by atoms with E-state index in [9.17, 15) is 4.39 Å². The van der Waals surface area contributed by atoms with E-state index < -0.39 is 11.6 Å². The van der Waals surface area contributed by atoms with Crippen LogP contribution >= 0.6 is 11.6 Å². The molecule has 3 aromatic rings. The van der Waals surface area contributed by atoms with Gasteiger partial charge in [0.25, 0.3) is 0 Å². The number of nitrogens with two attached hydrogens (primary N) is 1. The number of benzene rings is 2. The molecule has 5 rings (SSSR count). The highest BCUT2D eigenvalue weighted by molar-refractivity contribution is 6.30. The van der Waals surface area contributed by atoms with Gasteiger partial charge < -0.3 is 16.0 Å². The number of halogens is 2. The number of nitrogens with one attached hydrogen (secondary N) is 3. The van der Waals surface area contributed by atoms with Crippen molar-refractivity contribution in [3.8, 4) is 0 Å². The Bertz CT molecular complexity index is 1290. The van der Waals surface area contributed by atoms with Crippen molar-refractivity contribution in [1.82, 2.24) is 20.4 Å². The van der Waals surface area contributed by atoms with Crippen molar-refractivity contribution in [2.75, 3.05) is 11.9 Å². The van der Waals surface area contributed by atoms with Crippen LogP contribution in [0.4, 0.5) is 10.1 Å². The first-order chi connectivity index (χ1) is 16.8. The second kappa shape index (κ2) is 9.45. The van der Waals surface area contributed by atoms with Gasteiger partial charge in [-0.25, -0.2) is 9.38 Å². The van der Waals surface area contributed by atoms with Gasteiger partial charge in [0.15, 0.2) is 0 Å². The van der Waals surface area contributed by atoms with E-state index in [2.05, 4.69) is 47.0 Å². The third-order valence-corrected chi connectivity index (χ3v) is 6.35. The summed E-state index contributed by atoms with van der Waals surface area (Å²) in [7, 11) is 0. The van der Waals surface area contributed by atoms with E-state index in [1.165, 1.54) is 23.3 Å². The normalized spacial score (nSPS) is 19.6. The molecular weight excluding hydrogens is 465 g/mol. The highest BCUT2D eigenvalue weighted by Gasteiger charge is 2.32. The molecule has 7 nitrogen and oxygen atoms in total. The molecule has 0 saturated heterocycles. The third-order valence-electron chi connectivity index (χ3n) is 6.13. The molecule has 0 saturated carbocycles. The van der Waals surface area contributed by atoms with Crippen LogP contribution in [-0.2, 0) is 25.3 Å². The molecule has 0 amide bonds. The molecule has 9 heteroatoms. The van der Waals surface area contributed by atoms with Crippen molar-refractivity contribution in [3.63, 3.8) is 0 Å². The van der Waals surface area contributed by atoms with E-state index in [1.807, 2.05) is 23.1 Å². The standard InChI is InChI=1S/C26H29ClFN7/c1-16(2)14-35-15-19(12-32-35)24-13-31-26(29,20-8-21(27)10-22(28)9-20)34-25(24)33-23-4-3-17-5-6-30-11-18(17)7-23/h3-4,7-10,12-13,15-16,30-31H,5-6,11,14,29H2,1-2H3,(H,33,34). The van der Waals surface area contributed by atoms with Gasteiger partial charge in [0.05, 0.1) is 6.20 Å². The summed E-state index contributed by atoms with van der Waals surface area (Å²) in [5.41, 5.74) is 12.3. The molecule has 0 spiro atoms. The maximum absolute atomic E-state index is 14.1. The summed E-state index contributed by atoms with van der Waals surface area (Å²) >= 11 is 6.11. The van der Waals surface area contributed by atoms with E-state index in [-0.39, 0.29) is 5.02 Å². The fraction of sp³-hybridized carbons (Fsp3) is 0.308. The van der Waals surface area contributed by atoms with Crippen LogP contribution < -0.4 is 21.7 Å². The molecule has 2 aromatic carbocycles. The number of amidine groups is 1. The molecule has 0 aliphatic carbocycles. The van der Waals surface area contributed by atoms with Gasteiger partial charge in [-0.15, -0.1) is 0 Å². The third kappa shape index (κ3) is 5.10. The molecular formula is C26H29ClFN7. The minimum absolute atomic E-state index is 0.253. The Morgan fingerprint density at radius 3 is 2.89 bits per heavy atom. The smallest absolute Gasteiger partial charge is 0.211 e. The molecule has 0 radical (unpaired) electrons. The molecule has 1 atom stereocenters. The van der Waals surface area contributed by atoms with Gasteiger partial charge in [-0.1, -0.05) is 31.5 Å². The number of hydrogen-bond donors (Lipinski definition) is 4. The topological polar surface area (TPSA) is 92.3 Å². The number of aromatic nitrogens is 2. The lowest BCUT2D eigenvalue weighted by molar-refractivity contribution is 0.409. The fourth-order valence-corrected chi connectivity index (χ4v) is 4.65. The minimum atomic E-state index is -1.40. The predicted octanol–water partition coefficient (Wildman–Crippen LogP) is 4.20. The summed E-state index contributed by atoms with van der Waals surface area (Å²) in [6.45, 7) is 6.91. The first-order valence-corrected chi connectivity index (χ1v) is 12.1. The van der Waals surface area contributed by atoms with Crippen LogP contribution in [0.3, 0.4) is 0 Å². The highest BCUT2D eigenvalue weighted by atomic mass is 35.5. The van der Waals surface area contributed by atoms with Crippen LogP contribution in [0.2, 0.25) is 5.02 Å². The van der Waals surface area contributed by atoms with Crippen LogP contribution in [0.5, 0.6) is 0 Å². The zero-order valence-corrected chi connectivity index (χ0v) is 20.5. The molecule has 2 aliphatic rings. The lowest BCUT2D eigenvalue weighted by atomic mass is 10.00. The fourth-order valence-electron chi connectivity index (χ4n) is 4.43. The first kappa shape index (κ1) is 23.5. The molecule has 5 N–H and O–H groups in total. The summed E-state index contributed by atoms with van der Waals surface area (Å²) in [4.78, 5) is 4.83. The van der Waals surface area contributed by atoms with Crippen LogP contribution in [0.25, 0.3) is 5.57 Å². The van der Waals surface area contributed by atoms with Gasteiger partial charge in [-0.2, -0.15) is 5.10 Å². The summed E-state index contributed by atoms with van der Waals surface area (Å²) in [5.74, 6) is -0.859. The summed E-state index contributed by atoms with van der Waals surface area (Å²) in [6, 6.07) is 10.5. The molecule has 2 aliphatic heterocycles.